The van der Waals surface area contributed by atoms with Crippen molar-refractivity contribution in [3.8, 4) is 0 Å². The van der Waals surface area contributed by atoms with Crippen LogP contribution in [0.5, 0.6) is 0 Å². The number of aliphatic hydroxyl groups is 1. The zero-order valence-corrected chi connectivity index (χ0v) is 7.95. The molecule has 3 nitrogen and oxygen atoms in total. The first-order valence-corrected chi connectivity index (χ1v) is 4.37. The highest BCUT2D eigenvalue weighted by molar-refractivity contribution is 4.68. The molecule has 0 heterocycles. The predicted molar refractivity (Wildman–Crippen MR) is 52.7 cm³/mol. The molecule has 0 radical (unpaired) electrons. The molecule has 0 saturated carbocycles. The van der Waals surface area contributed by atoms with E-state index >= 15 is 0 Å². The molecule has 1 N–H and O–H groups in total. The van der Waals surface area contributed by atoms with Crippen LogP contribution in [0.15, 0.2) is 25.3 Å². The fourth-order valence-electron chi connectivity index (χ4n) is 0.846. The van der Waals surface area contributed by atoms with Gasteiger partial charge in [0.2, 0.25) is 0 Å². The smallest absolute Gasteiger partial charge is 0.0834 e. The summed E-state index contributed by atoms with van der Waals surface area (Å²) in [6.45, 7) is 8.68. The second-order valence-electron chi connectivity index (χ2n) is 2.58. The highest BCUT2D eigenvalue weighted by atomic mass is 16.5. The molecular weight excluding hydrogens is 168 g/mol. The van der Waals surface area contributed by atoms with E-state index < -0.39 is 0 Å². The third kappa shape index (κ3) is 7.71. The fourth-order valence-corrected chi connectivity index (χ4v) is 0.846. The maximum Gasteiger partial charge on any atom is 0.0834 e. The molecule has 0 bridgehead atoms. The van der Waals surface area contributed by atoms with Crippen molar-refractivity contribution in [1.29, 1.82) is 0 Å². The first-order valence-electron chi connectivity index (χ1n) is 4.37. The van der Waals surface area contributed by atoms with Crippen LogP contribution in [0.25, 0.3) is 0 Å². The van der Waals surface area contributed by atoms with Crippen LogP contribution in [0.2, 0.25) is 0 Å². The summed E-state index contributed by atoms with van der Waals surface area (Å²) in [5.74, 6) is 0. The predicted octanol–water partition coefficient (Wildman–Crippen LogP) is 1.14. The minimum Gasteiger partial charge on any atom is -0.396 e. The van der Waals surface area contributed by atoms with Crippen LogP contribution < -0.4 is 0 Å². The van der Waals surface area contributed by atoms with Crippen molar-refractivity contribution in [3.63, 3.8) is 0 Å². The lowest BCUT2D eigenvalue weighted by molar-refractivity contribution is -0.00986. The molecule has 76 valence electrons. The maximum absolute atomic E-state index is 8.71. The van der Waals surface area contributed by atoms with E-state index in [0.717, 1.165) is 0 Å². The lowest BCUT2D eigenvalue weighted by atomic mass is 10.3. The highest BCUT2D eigenvalue weighted by Crippen LogP contribution is 1.99. The molecule has 1 unspecified atom stereocenters. The van der Waals surface area contributed by atoms with Gasteiger partial charge in [0.15, 0.2) is 0 Å². The van der Waals surface area contributed by atoms with Crippen molar-refractivity contribution < 1.29 is 14.6 Å². The molecule has 0 aliphatic rings. The Morgan fingerprint density at radius 2 is 1.92 bits per heavy atom. The summed E-state index contributed by atoms with van der Waals surface area (Å²) >= 11 is 0. The quantitative estimate of drug-likeness (QED) is 0.433. The van der Waals surface area contributed by atoms with Crippen molar-refractivity contribution >= 4 is 0 Å². The van der Waals surface area contributed by atoms with Gasteiger partial charge in [-0.2, -0.15) is 0 Å². The van der Waals surface area contributed by atoms with Gasteiger partial charge >= 0.3 is 0 Å². The van der Waals surface area contributed by atoms with Crippen LogP contribution in [0, 0.1) is 0 Å². The maximum atomic E-state index is 8.71. The Hall–Kier alpha value is -0.640. The normalized spacial score (nSPS) is 12.4. The number of ether oxygens (including phenoxy) is 2. The molecule has 0 aromatic carbocycles. The summed E-state index contributed by atoms with van der Waals surface area (Å²) < 4.78 is 10.5. The standard InChI is InChI=1S/C10H18O3/c1-3-7-12-9-10(5-6-11)13-8-4-2/h3-4,10-11H,1-2,5-9H2. The zero-order valence-electron chi connectivity index (χ0n) is 7.95. The summed E-state index contributed by atoms with van der Waals surface area (Å²) in [5, 5.41) is 8.71. The van der Waals surface area contributed by atoms with E-state index in [1.807, 2.05) is 0 Å². The molecule has 0 aliphatic heterocycles. The molecule has 0 amide bonds. The average molecular weight is 186 g/mol. The monoisotopic (exact) mass is 186 g/mol. The molecule has 0 spiro atoms. The van der Waals surface area contributed by atoms with Crippen molar-refractivity contribution in [2.24, 2.45) is 0 Å². The van der Waals surface area contributed by atoms with E-state index in [1.165, 1.54) is 0 Å². The average Bonchev–Trinajstić information content (AvgIpc) is 2.14. The summed E-state index contributed by atoms with van der Waals surface area (Å²) in [5.41, 5.74) is 0. The van der Waals surface area contributed by atoms with Crippen molar-refractivity contribution in [2.75, 3.05) is 26.4 Å². The SMILES string of the molecule is C=CCOCC(CCO)OCC=C. The number of hydrogen-bond donors (Lipinski definition) is 1. The van der Waals surface area contributed by atoms with Gasteiger partial charge in [-0.1, -0.05) is 12.2 Å². The van der Waals surface area contributed by atoms with Gasteiger partial charge in [0.1, 0.15) is 0 Å². The Kier molecular flexibility index (Phi) is 8.98. The minimum absolute atomic E-state index is 0.0528. The summed E-state index contributed by atoms with van der Waals surface area (Å²) in [6, 6.07) is 0. The van der Waals surface area contributed by atoms with Gasteiger partial charge in [-0.3, -0.25) is 0 Å². The minimum atomic E-state index is -0.0528. The van der Waals surface area contributed by atoms with Gasteiger partial charge in [0, 0.05) is 6.61 Å². The topological polar surface area (TPSA) is 38.7 Å². The molecular formula is C10H18O3. The number of hydrogen-bond acceptors (Lipinski definition) is 3. The molecule has 3 heteroatoms. The van der Waals surface area contributed by atoms with Gasteiger partial charge in [-0.25, -0.2) is 0 Å². The van der Waals surface area contributed by atoms with Gasteiger partial charge in [0.25, 0.3) is 0 Å². The van der Waals surface area contributed by atoms with Gasteiger partial charge in [-0.05, 0) is 6.42 Å². The van der Waals surface area contributed by atoms with Crippen LogP contribution in [0.1, 0.15) is 6.42 Å². The van der Waals surface area contributed by atoms with Crippen LogP contribution in [-0.4, -0.2) is 37.6 Å². The van der Waals surface area contributed by atoms with Crippen LogP contribution in [0.3, 0.4) is 0 Å². The molecule has 13 heavy (non-hydrogen) atoms. The summed E-state index contributed by atoms with van der Waals surface area (Å²) in [7, 11) is 0. The largest absolute Gasteiger partial charge is 0.396 e. The molecule has 0 aromatic heterocycles. The Labute approximate surface area is 79.7 Å². The van der Waals surface area contributed by atoms with E-state index in [1.54, 1.807) is 12.2 Å². The molecule has 1 atom stereocenters. The van der Waals surface area contributed by atoms with Gasteiger partial charge in [-0.15, -0.1) is 13.2 Å². The third-order valence-corrected chi connectivity index (χ3v) is 1.44. The van der Waals surface area contributed by atoms with E-state index in [0.29, 0.717) is 26.2 Å². The lowest BCUT2D eigenvalue weighted by Crippen LogP contribution is -2.21. The zero-order chi connectivity index (χ0) is 9.94. The number of aliphatic hydroxyl groups excluding tert-OH is 1. The van der Waals surface area contributed by atoms with E-state index in [-0.39, 0.29) is 12.7 Å². The van der Waals surface area contributed by atoms with Crippen LogP contribution >= 0.6 is 0 Å². The van der Waals surface area contributed by atoms with Crippen molar-refractivity contribution in [2.45, 2.75) is 12.5 Å². The highest BCUT2D eigenvalue weighted by Gasteiger charge is 2.06. The van der Waals surface area contributed by atoms with Crippen molar-refractivity contribution in [1.82, 2.24) is 0 Å². The van der Waals surface area contributed by atoms with E-state index in [2.05, 4.69) is 13.2 Å². The summed E-state index contributed by atoms with van der Waals surface area (Å²) in [6.07, 6.45) is 3.90. The van der Waals surface area contributed by atoms with E-state index in [9.17, 15) is 0 Å². The van der Waals surface area contributed by atoms with Crippen LogP contribution in [0.4, 0.5) is 0 Å². The van der Waals surface area contributed by atoms with Crippen LogP contribution in [-0.2, 0) is 9.47 Å². The molecule has 0 saturated heterocycles. The molecule has 0 rings (SSSR count). The molecule has 0 fully saturated rings. The first kappa shape index (κ1) is 12.4. The second-order valence-corrected chi connectivity index (χ2v) is 2.58. The summed E-state index contributed by atoms with van der Waals surface area (Å²) in [4.78, 5) is 0. The third-order valence-electron chi connectivity index (χ3n) is 1.44. The van der Waals surface area contributed by atoms with Gasteiger partial charge < -0.3 is 14.6 Å². The Morgan fingerprint density at radius 1 is 1.23 bits per heavy atom. The molecule has 0 aliphatic carbocycles. The Morgan fingerprint density at radius 3 is 2.46 bits per heavy atom. The molecule has 0 aromatic rings. The number of rotatable bonds is 9. The van der Waals surface area contributed by atoms with Gasteiger partial charge in [0.05, 0.1) is 25.9 Å². The lowest BCUT2D eigenvalue weighted by Gasteiger charge is -2.15. The Balaban J connectivity index is 3.52. The second kappa shape index (κ2) is 9.45. The fraction of sp³-hybridized carbons (Fsp3) is 0.600. The first-order chi connectivity index (χ1) is 6.35. The van der Waals surface area contributed by atoms with E-state index in [4.69, 9.17) is 14.6 Å². The van der Waals surface area contributed by atoms with Crippen molar-refractivity contribution in [3.05, 3.63) is 25.3 Å². The Bertz CT molecular complexity index is 134.